The number of thioether (sulfide) groups is 1. The van der Waals surface area contributed by atoms with Gasteiger partial charge in [-0.1, -0.05) is 30.0 Å². The van der Waals surface area contributed by atoms with Crippen molar-refractivity contribution >= 4 is 57.4 Å². The van der Waals surface area contributed by atoms with E-state index in [0.717, 1.165) is 37.4 Å². The van der Waals surface area contributed by atoms with Crippen LogP contribution in [0, 0.1) is 0 Å². The van der Waals surface area contributed by atoms with Crippen LogP contribution < -0.4 is 20.1 Å². The number of amides is 1. The Labute approximate surface area is 236 Å². The number of aromatic nitrogens is 2. The van der Waals surface area contributed by atoms with Crippen LogP contribution in [0.1, 0.15) is 18.4 Å². The third-order valence-electron chi connectivity index (χ3n) is 7.32. The smallest absolute Gasteiger partial charge is 0.267 e. The zero-order valence-corrected chi connectivity index (χ0v) is 23.2. The van der Waals surface area contributed by atoms with Gasteiger partial charge in [0.2, 0.25) is 0 Å². The molecule has 1 atom stereocenters. The lowest BCUT2D eigenvalue weighted by Gasteiger charge is -2.37. The lowest BCUT2D eigenvalue weighted by Crippen LogP contribution is -2.47. The molecule has 0 unspecified atom stereocenters. The standard InChI is InChI=1S/C28H29N5O4S2/c1-36-20-9-7-19(8-10-20)30-12-14-31(15-13-30)25-22(26(34)32-11-3-2-6-24(32)29-25)17-23-27(35)33(28(38)39-23)18-21-5-4-16-37-21/h2-3,6-11,17,21H,4-5,12-16,18H2,1H3/b23-17-/t21-/m1/s1. The van der Waals surface area contributed by atoms with Crippen LogP contribution in [0.15, 0.2) is 58.4 Å². The van der Waals surface area contributed by atoms with Crippen molar-refractivity contribution in [3.8, 4) is 5.75 Å². The van der Waals surface area contributed by atoms with Gasteiger partial charge in [0.15, 0.2) is 0 Å². The number of methoxy groups -OCH3 is 1. The Bertz CT molecular complexity index is 1490. The van der Waals surface area contributed by atoms with Crippen LogP contribution in [0.2, 0.25) is 0 Å². The Morgan fingerprint density at radius 3 is 2.59 bits per heavy atom. The first-order valence-corrected chi connectivity index (χ1v) is 14.3. The van der Waals surface area contributed by atoms with Gasteiger partial charge in [-0.3, -0.25) is 18.9 Å². The lowest BCUT2D eigenvalue weighted by molar-refractivity contribution is -0.123. The molecule has 39 heavy (non-hydrogen) atoms. The monoisotopic (exact) mass is 563 g/mol. The van der Waals surface area contributed by atoms with Gasteiger partial charge in [-0.2, -0.15) is 0 Å². The fourth-order valence-electron chi connectivity index (χ4n) is 5.21. The summed E-state index contributed by atoms with van der Waals surface area (Å²) in [6, 6.07) is 13.5. The molecule has 5 heterocycles. The summed E-state index contributed by atoms with van der Waals surface area (Å²) >= 11 is 6.77. The highest BCUT2D eigenvalue weighted by Gasteiger charge is 2.35. The fourth-order valence-corrected chi connectivity index (χ4v) is 6.47. The van der Waals surface area contributed by atoms with E-state index in [2.05, 4.69) is 21.9 Å². The Balaban J connectivity index is 1.30. The number of nitrogens with zero attached hydrogens (tertiary/aromatic N) is 5. The van der Waals surface area contributed by atoms with Crippen molar-refractivity contribution in [1.82, 2.24) is 14.3 Å². The first kappa shape index (κ1) is 25.8. The molecule has 3 aromatic rings. The minimum Gasteiger partial charge on any atom is -0.497 e. The number of ether oxygens (including phenoxy) is 2. The summed E-state index contributed by atoms with van der Waals surface area (Å²) in [4.78, 5) is 38.4. The molecule has 0 saturated carbocycles. The Kier molecular flexibility index (Phi) is 7.28. The molecule has 202 valence electrons. The molecule has 3 aliphatic heterocycles. The maximum absolute atomic E-state index is 13.7. The zero-order chi connectivity index (χ0) is 26.9. The molecular formula is C28H29N5O4S2. The van der Waals surface area contributed by atoms with Crippen LogP contribution in [-0.4, -0.2) is 77.1 Å². The van der Waals surface area contributed by atoms with Gasteiger partial charge in [0.05, 0.1) is 30.2 Å². The van der Waals surface area contributed by atoms with E-state index in [0.29, 0.717) is 52.5 Å². The van der Waals surface area contributed by atoms with E-state index >= 15 is 0 Å². The van der Waals surface area contributed by atoms with Gasteiger partial charge in [-0.15, -0.1) is 0 Å². The number of piperazine rings is 1. The maximum atomic E-state index is 13.7. The number of hydrogen-bond acceptors (Lipinski definition) is 9. The molecular weight excluding hydrogens is 534 g/mol. The number of carbonyl (C=O) groups excluding carboxylic acids is 1. The van der Waals surface area contributed by atoms with Crippen molar-refractivity contribution in [3.05, 3.63) is 69.5 Å². The van der Waals surface area contributed by atoms with Crippen molar-refractivity contribution in [2.75, 3.05) is 56.2 Å². The summed E-state index contributed by atoms with van der Waals surface area (Å²) in [5.41, 5.74) is 1.88. The van der Waals surface area contributed by atoms with Gasteiger partial charge in [0, 0.05) is 44.7 Å². The lowest BCUT2D eigenvalue weighted by atomic mass is 10.2. The molecule has 1 aromatic carbocycles. The SMILES string of the molecule is COc1ccc(N2CCN(c3nc4ccccn4c(=O)c3/C=C3\SC(=S)N(C[C@H]4CCCO4)C3=O)CC2)cc1. The molecule has 9 nitrogen and oxygen atoms in total. The number of carbonyl (C=O) groups is 1. The van der Waals surface area contributed by atoms with E-state index in [1.165, 1.54) is 16.2 Å². The summed E-state index contributed by atoms with van der Waals surface area (Å²) in [5.74, 6) is 1.22. The first-order valence-electron chi connectivity index (χ1n) is 13.0. The second-order valence-electron chi connectivity index (χ2n) is 9.68. The molecule has 3 aliphatic rings. The number of anilines is 2. The highest BCUT2D eigenvalue weighted by Crippen LogP contribution is 2.34. The molecule has 6 rings (SSSR count). The Morgan fingerprint density at radius 1 is 1.10 bits per heavy atom. The van der Waals surface area contributed by atoms with Crippen molar-refractivity contribution in [1.29, 1.82) is 0 Å². The molecule has 0 aliphatic carbocycles. The van der Waals surface area contributed by atoms with Crippen LogP contribution in [-0.2, 0) is 9.53 Å². The number of thiocarbonyl (C=S) groups is 1. The van der Waals surface area contributed by atoms with Gasteiger partial charge >= 0.3 is 0 Å². The van der Waals surface area contributed by atoms with Crippen molar-refractivity contribution in [2.24, 2.45) is 0 Å². The molecule has 0 N–H and O–H groups in total. The van der Waals surface area contributed by atoms with E-state index in [1.807, 2.05) is 24.3 Å². The molecule has 3 saturated heterocycles. The summed E-state index contributed by atoms with van der Waals surface area (Å²) in [6.45, 7) is 4.06. The van der Waals surface area contributed by atoms with Crippen LogP contribution >= 0.6 is 24.0 Å². The predicted octanol–water partition coefficient (Wildman–Crippen LogP) is 3.41. The number of rotatable bonds is 6. The molecule has 2 aromatic heterocycles. The largest absolute Gasteiger partial charge is 0.497 e. The van der Waals surface area contributed by atoms with Crippen LogP contribution in [0.4, 0.5) is 11.5 Å². The van der Waals surface area contributed by atoms with E-state index in [-0.39, 0.29) is 17.6 Å². The van der Waals surface area contributed by atoms with Gasteiger partial charge in [-0.05, 0) is 55.3 Å². The first-order chi connectivity index (χ1) is 19.0. The Morgan fingerprint density at radius 2 is 1.87 bits per heavy atom. The molecule has 3 fully saturated rings. The second-order valence-corrected chi connectivity index (χ2v) is 11.4. The molecule has 0 bridgehead atoms. The maximum Gasteiger partial charge on any atom is 0.267 e. The predicted molar refractivity (Wildman–Crippen MR) is 158 cm³/mol. The molecule has 1 amide bonds. The average molecular weight is 564 g/mol. The van der Waals surface area contributed by atoms with Crippen molar-refractivity contribution < 1.29 is 14.3 Å². The minimum atomic E-state index is -0.211. The summed E-state index contributed by atoms with van der Waals surface area (Å²) in [6.07, 6.45) is 5.28. The van der Waals surface area contributed by atoms with Gasteiger partial charge in [0.1, 0.15) is 21.5 Å². The van der Waals surface area contributed by atoms with E-state index in [1.54, 1.807) is 30.3 Å². The average Bonchev–Trinajstić information content (AvgIpc) is 3.58. The third kappa shape index (κ3) is 5.13. The molecule has 0 spiro atoms. The fraction of sp³-hybridized carbons (Fsp3) is 0.357. The normalized spacial score (nSPS) is 21.0. The van der Waals surface area contributed by atoms with Gasteiger partial charge in [0.25, 0.3) is 11.5 Å². The Hall–Kier alpha value is -3.41. The topological polar surface area (TPSA) is 79.6 Å². The summed E-state index contributed by atoms with van der Waals surface area (Å²) in [5, 5.41) is 0. The number of pyridine rings is 1. The van der Waals surface area contributed by atoms with Crippen molar-refractivity contribution in [2.45, 2.75) is 18.9 Å². The second kappa shape index (κ2) is 11.0. The van der Waals surface area contributed by atoms with Crippen LogP contribution in [0.5, 0.6) is 5.75 Å². The highest BCUT2D eigenvalue weighted by molar-refractivity contribution is 8.26. The highest BCUT2D eigenvalue weighted by atomic mass is 32.2. The number of benzene rings is 1. The minimum absolute atomic E-state index is 0.00244. The number of hydrogen-bond donors (Lipinski definition) is 0. The quantitative estimate of drug-likeness (QED) is 0.331. The van der Waals surface area contributed by atoms with E-state index in [4.69, 9.17) is 26.7 Å². The molecule has 11 heteroatoms. The van der Waals surface area contributed by atoms with Gasteiger partial charge < -0.3 is 19.3 Å². The number of fused-ring (bicyclic) bond motifs is 1. The van der Waals surface area contributed by atoms with Crippen molar-refractivity contribution in [3.63, 3.8) is 0 Å². The summed E-state index contributed by atoms with van der Waals surface area (Å²) < 4.78 is 13.0. The third-order valence-corrected chi connectivity index (χ3v) is 8.70. The molecule has 0 radical (unpaired) electrons. The van der Waals surface area contributed by atoms with Gasteiger partial charge in [-0.25, -0.2) is 4.98 Å². The summed E-state index contributed by atoms with van der Waals surface area (Å²) in [7, 11) is 1.66. The van der Waals surface area contributed by atoms with E-state index < -0.39 is 0 Å². The zero-order valence-electron chi connectivity index (χ0n) is 21.6. The van der Waals surface area contributed by atoms with Crippen LogP contribution in [0.25, 0.3) is 11.7 Å². The van der Waals surface area contributed by atoms with Crippen LogP contribution in [0.3, 0.4) is 0 Å². The van der Waals surface area contributed by atoms with E-state index in [9.17, 15) is 9.59 Å².